The molecule has 0 aromatic rings. The van der Waals surface area contributed by atoms with Crippen molar-refractivity contribution in [3.8, 4) is 0 Å². The molecule has 0 unspecified atom stereocenters. The summed E-state index contributed by atoms with van der Waals surface area (Å²) in [6.07, 6.45) is 2.49. The number of carbonyl (C=O) groups excluding carboxylic acids is 1. The van der Waals surface area contributed by atoms with Crippen molar-refractivity contribution in [2.24, 2.45) is 11.1 Å². The third-order valence-corrected chi connectivity index (χ3v) is 2.00. The second-order valence-corrected chi connectivity index (χ2v) is 4.87. The normalized spacial score (nSPS) is 13.8. The predicted molar refractivity (Wildman–Crippen MR) is 57.9 cm³/mol. The van der Waals surface area contributed by atoms with Crippen molar-refractivity contribution in [1.82, 2.24) is 0 Å². The first-order chi connectivity index (χ1) is 6.37. The summed E-state index contributed by atoms with van der Waals surface area (Å²) in [5.74, 6) is -0.267. The molecule has 0 aliphatic carbocycles. The lowest BCUT2D eigenvalue weighted by molar-refractivity contribution is -0.146. The number of hydrogen-bond acceptors (Lipinski definition) is 3. The molecular weight excluding hydrogens is 178 g/mol. The zero-order valence-electron chi connectivity index (χ0n) is 9.80. The first-order valence-electron chi connectivity index (χ1n) is 5.29. The van der Waals surface area contributed by atoms with Gasteiger partial charge in [0.2, 0.25) is 0 Å². The highest BCUT2D eigenvalue weighted by molar-refractivity contribution is 5.75. The van der Waals surface area contributed by atoms with Crippen LogP contribution in [0.25, 0.3) is 0 Å². The van der Waals surface area contributed by atoms with Gasteiger partial charge in [0.25, 0.3) is 0 Å². The molecule has 1 atom stereocenters. The third kappa shape index (κ3) is 6.89. The molecule has 0 fully saturated rings. The molecule has 3 heteroatoms. The monoisotopic (exact) mass is 201 g/mol. The summed E-state index contributed by atoms with van der Waals surface area (Å²) in [6.45, 7) is 8.83. The maximum absolute atomic E-state index is 11.3. The maximum atomic E-state index is 11.3. The molecule has 84 valence electrons. The highest BCUT2D eigenvalue weighted by Crippen LogP contribution is 2.18. The Bertz CT molecular complexity index is 173. The quantitative estimate of drug-likeness (QED) is 0.693. The van der Waals surface area contributed by atoms with Gasteiger partial charge in [0, 0.05) is 0 Å². The first-order valence-corrected chi connectivity index (χ1v) is 5.29. The Morgan fingerprint density at radius 2 is 2.00 bits per heavy atom. The van der Waals surface area contributed by atoms with Crippen LogP contribution in [0.1, 0.15) is 47.0 Å². The molecule has 3 nitrogen and oxygen atoms in total. The molecule has 0 aromatic carbocycles. The SMILES string of the molecule is CCC[C@@H](N)C(=O)OCCC(C)(C)C. The number of carbonyl (C=O) groups is 1. The van der Waals surface area contributed by atoms with Crippen molar-refractivity contribution in [2.75, 3.05) is 6.61 Å². The highest BCUT2D eigenvalue weighted by Gasteiger charge is 2.15. The molecule has 0 spiro atoms. The van der Waals surface area contributed by atoms with E-state index in [1.165, 1.54) is 0 Å². The van der Waals surface area contributed by atoms with Crippen LogP contribution in [0.15, 0.2) is 0 Å². The zero-order chi connectivity index (χ0) is 11.2. The lowest BCUT2D eigenvalue weighted by Crippen LogP contribution is -2.32. The van der Waals surface area contributed by atoms with Gasteiger partial charge < -0.3 is 10.5 Å². The van der Waals surface area contributed by atoms with Crippen molar-refractivity contribution in [3.63, 3.8) is 0 Å². The Labute approximate surface area is 87.0 Å². The van der Waals surface area contributed by atoms with E-state index in [2.05, 4.69) is 20.8 Å². The van der Waals surface area contributed by atoms with E-state index >= 15 is 0 Å². The summed E-state index contributed by atoms with van der Waals surface area (Å²) in [5, 5.41) is 0. The first kappa shape index (κ1) is 13.4. The predicted octanol–water partition coefficient (Wildman–Crippen LogP) is 2.09. The molecule has 14 heavy (non-hydrogen) atoms. The van der Waals surface area contributed by atoms with E-state index in [1.807, 2.05) is 6.92 Å². The van der Waals surface area contributed by atoms with Crippen molar-refractivity contribution in [1.29, 1.82) is 0 Å². The number of esters is 1. The molecule has 0 saturated heterocycles. The average Bonchev–Trinajstić information content (AvgIpc) is 2.02. The smallest absolute Gasteiger partial charge is 0.322 e. The Morgan fingerprint density at radius 1 is 1.43 bits per heavy atom. The van der Waals surface area contributed by atoms with E-state index in [0.717, 1.165) is 12.8 Å². The molecule has 0 aliphatic rings. The molecule has 0 aromatic heterocycles. The van der Waals surface area contributed by atoms with Crippen LogP contribution in [0.3, 0.4) is 0 Å². The largest absolute Gasteiger partial charge is 0.465 e. The van der Waals surface area contributed by atoms with E-state index < -0.39 is 6.04 Å². The van der Waals surface area contributed by atoms with Gasteiger partial charge in [-0.1, -0.05) is 34.1 Å². The van der Waals surface area contributed by atoms with Crippen LogP contribution in [0.2, 0.25) is 0 Å². The van der Waals surface area contributed by atoms with Gasteiger partial charge in [-0.25, -0.2) is 0 Å². The van der Waals surface area contributed by atoms with E-state index in [4.69, 9.17) is 10.5 Å². The van der Waals surface area contributed by atoms with Crippen molar-refractivity contribution >= 4 is 5.97 Å². The summed E-state index contributed by atoms with van der Waals surface area (Å²) in [5.41, 5.74) is 5.81. The third-order valence-electron chi connectivity index (χ3n) is 2.00. The van der Waals surface area contributed by atoms with E-state index in [0.29, 0.717) is 13.0 Å². The minimum absolute atomic E-state index is 0.204. The second-order valence-electron chi connectivity index (χ2n) is 4.87. The fourth-order valence-electron chi connectivity index (χ4n) is 0.994. The van der Waals surface area contributed by atoms with Gasteiger partial charge in [-0.05, 0) is 18.3 Å². The van der Waals surface area contributed by atoms with Crippen molar-refractivity contribution < 1.29 is 9.53 Å². The van der Waals surface area contributed by atoms with Gasteiger partial charge in [-0.2, -0.15) is 0 Å². The van der Waals surface area contributed by atoms with Crippen molar-refractivity contribution in [2.45, 2.75) is 53.0 Å². The van der Waals surface area contributed by atoms with Crippen LogP contribution < -0.4 is 5.73 Å². The summed E-state index contributed by atoms with van der Waals surface area (Å²) in [6, 6.07) is -0.444. The fraction of sp³-hybridized carbons (Fsp3) is 0.909. The molecule has 2 N–H and O–H groups in total. The summed E-state index contributed by atoms with van der Waals surface area (Å²) < 4.78 is 5.07. The summed E-state index contributed by atoms with van der Waals surface area (Å²) >= 11 is 0. The molecule has 0 rings (SSSR count). The number of rotatable bonds is 5. The Hall–Kier alpha value is -0.570. The Morgan fingerprint density at radius 3 is 2.43 bits per heavy atom. The van der Waals surface area contributed by atoms with Gasteiger partial charge in [-0.15, -0.1) is 0 Å². The molecular formula is C11H23NO2. The zero-order valence-corrected chi connectivity index (χ0v) is 9.80. The van der Waals surface area contributed by atoms with Gasteiger partial charge in [-0.3, -0.25) is 4.79 Å². The van der Waals surface area contributed by atoms with Gasteiger partial charge in [0.15, 0.2) is 0 Å². The molecule has 0 heterocycles. The molecule has 0 aliphatic heterocycles. The second kappa shape index (κ2) is 6.02. The lowest BCUT2D eigenvalue weighted by atomic mass is 9.93. The van der Waals surface area contributed by atoms with Gasteiger partial charge in [0.1, 0.15) is 6.04 Å². The number of nitrogens with two attached hydrogens (primary N) is 1. The van der Waals surface area contributed by atoms with Crippen LogP contribution >= 0.6 is 0 Å². The number of ether oxygens (including phenoxy) is 1. The van der Waals surface area contributed by atoms with E-state index in [9.17, 15) is 4.79 Å². The number of hydrogen-bond donors (Lipinski definition) is 1. The molecule has 0 saturated carbocycles. The Balaban J connectivity index is 3.64. The molecule has 0 radical (unpaired) electrons. The van der Waals surface area contributed by atoms with Gasteiger partial charge in [0.05, 0.1) is 6.61 Å². The minimum Gasteiger partial charge on any atom is -0.465 e. The molecule has 0 bridgehead atoms. The highest BCUT2D eigenvalue weighted by atomic mass is 16.5. The summed E-state index contributed by atoms with van der Waals surface area (Å²) in [4.78, 5) is 11.3. The van der Waals surface area contributed by atoms with Crippen molar-refractivity contribution in [3.05, 3.63) is 0 Å². The van der Waals surface area contributed by atoms with Crippen LogP contribution in [0.4, 0.5) is 0 Å². The minimum atomic E-state index is -0.444. The fourth-order valence-corrected chi connectivity index (χ4v) is 0.994. The van der Waals surface area contributed by atoms with Crippen LogP contribution in [-0.4, -0.2) is 18.6 Å². The van der Waals surface area contributed by atoms with E-state index in [1.54, 1.807) is 0 Å². The molecule has 0 amide bonds. The van der Waals surface area contributed by atoms with Gasteiger partial charge >= 0.3 is 5.97 Å². The maximum Gasteiger partial charge on any atom is 0.322 e. The van der Waals surface area contributed by atoms with Crippen LogP contribution in [0, 0.1) is 5.41 Å². The average molecular weight is 201 g/mol. The van der Waals surface area contributed by atoms with Crippen LogP contribution in [0.5, 0.6) is 0 Å². The lowest BCUT2D eigenvalue weighted by Gasteiger charge is -2.18. The topological polar surface area (TPSA) is 52.3 Å². The Kier molecular flexibility index (Phi) is 5.77. The standard InChI is InChI=1S/C11H23NO2/c1-5-6-9(12)10(13)14-8-7-11(2,3)4/h9H,5-8,12H2,1-4H3/t9-/m1/s1. The summed E-state index contributed by atoms with van der Waals surface area (Å²) in [7, 11) is 0. The van der Waals surface area contributed by atoms with E-state index in [-0.39, 0.29) is 11.4 Å². The van der Waals surface area contributed by atoms with Crippen LogP contribution in [-0.2, 0) is 9.53 Å².